The van der Waals surface area contributed by atoms with Crippen LogP contribution in [0.3, 0.4) is 0 Å². The van der Waals surface area contributed by atoms with E-state index in [0.29, 0.717) is 23.7 Å². The number of thioether (sulfide) groups is 2. The molecule has 3 atom stereocenters. The van der Waals surface area contributed by atoms with Gasteiger partial charge in [0.15, 0.2) is 5.96 Å². The van der Waals surface area contributed by atoms with Crippen LogP contribution in [-0.2, 0) is 40.2 Å². The van der Waals surface area contributed by atoms with Crippen LogP contribution in [0.25, 0.3) is 0 Å². The van der Waals surface area contributed by atoms with Gasteiger partial charge in [0.2, 0.25) is 29.5 Å². The van der Waals surface area contributed by atoms with Crippen LogP contribution in [0.5, 0.6) is 0 Å². The summed E-state index contributed by atoms with van der Waals surface area (Å²) in [5.41, 5.74) is 11.3. The Morgan fingerprint density at radius 1 is 1.04 bits per heavy atom. The second kappa shape index (κ2) is 18.5. The van der Waals surface area contributed by atoms with E-state index < -0.39 is 47.3 Å². The summed E-state index contributed by atoms with van der Waals surface area (Å²) in [4.78, 5) is 70.6. The number of nitrogens with two attached hydrogens (primary N) is 2. The first-order valence-electron chi connectivity index (χ1n) is 15.3. The van der Waals surface area contributed by atoms with E-state index in [1.165, 1.54) is 11.8 Å². The van der Waals surface area contributed by atoms with Gasteiger partial charge in [-0.15, -0.1) is 0 Å². The molecule has 2 aliphatic heterocycles. The highest BCUT2D eigenvalue weighted by molar-refractivity contribution is 7.98. The number of carbonyl (C=O) groups is 5. The minimum absolute atomic E-state index is 0.155. The number of amides is 5. The van der Waals surface area contributed by atoms with Crippen molar-refractivity contribution in [3.05, 3.63) is 29.6 Å². The van der Waals surface area contributed by atoms with Crippen molar-refractivity contribution >= 4 is 59.0 Å². The first kappa shape index (κ1) is 36.9. The van der Waals surface area contributed by atoms with Crippen molar-refractivity contribution in [3.8, 4) is 0 Å². The number of hydrogen-bond donors (Lipinski definition) is 8. The number of hydrogen-bond acceptors (Lipinski definition) is 10. The molecule has 1 aromatic rings. The summed E-state index contributed by atoms with van der Waals surface area (Å²) in [5.74, 6) is -1.17. The number of guanidine groups is 1. The van der Waals surface area contributed by atoms with E-state index in [0.717, 1.165) is 11.4 Å². The van der Waals surface area contributed by atoms with E-state index >= 15 is 0 Å². The van der Waals surface area contributed by atoms with Crippen LogP contribution >= 0.6 is 23.5 Å². The third kappa shape index (κ3) is 11.7. The van der Waals surface area contributed by atoms with Gasteiger partial charge in [-0.2, -0.15) is 23.5 Å². The molecule has 15 nitrogen and oxygen atoms in total. The van der Waals surface area contributed by atoms with Gasteiger partial charge in [-0.05, 0) is 31.4 Å². The molecule has 0 aromatic carbocycles. The Labute approximate surface area is 277 Å². The normalized spacial score (nSPS) is 23.8. The number of pyridine rings is 1. The molecule has 1 spiro atoms. The van der Waals surface area contributed by atoms with Crippen molar-refractivity contribution in [1.82, 2.24) is 31.6 Å². The lowest BCUT2D eigenvalue weighted by Crippen LogP contribution is -2.64. The first-order valence-corrected chi connectivity index (χ1v) is 17.6. The molecule has 0 aliphatic carbocycles. The van der Waals surface area contributed by atoms with Crippen LogP contribution in [0, 0.1) is 5.41 Å². The third-order valence-corrected chi connectivity index (χ3v) is 9.65. The van der Waals surface area contributed by atoms with E-state index in [-0.39, 0.29) is 69.5 Å². The van der Waals surface area contributed by atoms with E-state index in [2.05, 4.69) is 31.6 Å². The highest BCUT2D eigenvalue weighted by Crippen LogP contribution is 2.23. The molecule has 1 aromatic heterocycles. The SMILES string of the molecule is CC[C@@H]1NC(=O)[C@H](CCCNC(=N)N)NC(=O)C2(CCOCC2)NC(=O)CCSCc2cccc(n2)CSC[C@@H](C(N)=O)NC1=O. The molecule has 3 heterocycles. The Morgan fingerprint density at radius 3 is 2.37 bits per heavy atom. The maximum absolute atomic E-state index is 13.8. The van der Waals surface area contributed by atoms with Crippen LogP contribution in [0.4, 0.5) is 0 Å². The molecule has 46 heavy (non-hydrogen) atoms. The highest BCUT2D eigenvalue weighted by atomic mass is 32.2. The number of nitrogens with one attached hydrogen (secondary N) is 6. The number of primary amides is 1. The summed E-state index contributed by atoms with van der Waals surface area (Å²) in [6.45, 7) is 2.48. The summed E-state index contributed by atoms with van der Waals surface area (Å²) in [6, 6.07) is 2.60. The van der Waals surface area contributed by atoms with Gasteiger partial charge >= 0.3 is 0 Å². The first-order chi connectivity index (χ1) is 22.0. The molecule has 0 saturated carbocycles. The average Bonchev–Trinajstić information content (AvgIpc) is 3.02. The molecule has 5 amide bonds. The van der Waals surface area contributed by atoms with E-state index in [4.69, 9.17) is 21.6 Å². The predicted octanol–water partition coefficient (Wildman–Crippen LogP) is -0.770. The second-order valence-electron chi connectivity index (χ2n) is 11.1. The molecule has 2 bridgehead atoms. The zero-order chi connectivity index (χ0) is 33.5. The Balaban J connectivity index is 1.87. The molecule has 17 heteroatoms. The number of carbonyl (C=O) groups excluding carboxylic acids is 5. The molecular weight excluding hydrogens is 635 g/mol. The van der Waals surface area contributed by atoms with E-state index in [9.17, 15) is 24.0 Å². The van der Waals surface area contributed by atoms with Gasteiger partial charge in [0, 0.05) is 62.0 Å². The van der Waals surface area contributed by atoms with Crippen molar-refractivity contribution in [3.63, 3.8) is 0 Å². The van der Waals surface area contributed by atoms with Gasteiger partial charge in [0.25, 0.3) is 0 Å². The van der Waals surface area contributed by atoms with Crippen molar-refractivity contribution in [2.24, 2.45) is 11.5 Å². The topological polar surface area (TPSA) is 244 Å². The predicted molar refractivity (Wildman–Crippen MR) is 177 cm³/mol. The fraction of sp³-hybridized carbons (Fsp3) is 0.621. The Kier molecular flexibility index (Phi) is 14.9. The minimum atomic E-state index is -1.28. The lowest BCUT2D eigenvalue weighted by Gasteiger charge is -2.37. The standard InChI is InChI=1S/C29H45N9O6S2/c1-2-20-25(41)36-22(24(30)40)17-46-16-19-6-3-5-18(34-19)15-45-14-8-23(39)38-29(9-12-44-13-10-29)27(43)37-21(26(42)35-20)7-4-11-33-28(31)32/h3,5-6,20-22H,2,4,7-17H2,1H3,(H2,30,40)(H,35,42)(H,36,41)(H,37,43)(H,38,39)(H4,31,32,33)/t20-,21-,22-/m0/s1. The third-order valence-electron chi connectivity index (χ3n) is 7.59. The van der Waals surface area contributed by atoms with Gasteiger partial charge in [0.05, 0.1) is 11.4 Å². The van der Waals surface area contributed by atoms with Crippen LogP contribution < -0.4 is 38.1 Å². The molecular formula is C29H45N9O6S2. The van der Waals surface area contributed by atoms with Gasteiger partial charge in [-0.25, -0.2) is 0 Å². The van der Waals surface area contributed by atoms with Gasteiger partial charge in [0.1, 0.15) is 23.7 Å². The van der Waals surface area contributed by atoms with Gasteiger partial charge in [-0.1, -0.05) is 13.0 Å². The smallest absolute Gasteiger partial charge is 0.246 e. The molecule has 1 saturated heterocycles. The Hall–Kier alpha value is -3.57. The minimum Gasteiger partial charge on any atom is -0.381 e. The maximum Gasteiger partial charge on any atom is 0.246 e. The number of fused-ring (bicyclic) bond motifs is 2. The van der Waals surface area contributed by atoms with Crippen molar-refractivity contribution in [2.75, 3.05) is 31.3 Å². The summed E-state index contributed by atoms with van der Waals surface area (Å²) >= 11 is 2.93. The van der Waals surface area contributed by atoms with Crippen molar-refractivity contribution in [2.45, 2.75) is 80.6 Å². The number of aromatic nitrogens is 1. The van der Waals surface area contributed by atoms with Crippen LogP contribution in [0.15, 0.2) is 18.2 Å². The number of ether oxygens (including phenoxy) is 1. The molecule has 0 radical (unpaired) electrons. The Bertz CT molecular complexity index is 1250. The zero-order valence-electron chi connectivity index (χ0n) is 26.0. The maximum atomic E-state index is 13.8. The number of rotatable bonds is 6. The fourth-order valence-electron chi connectivity index (χ4n) is 4.96. The molecule has 10 N–H and O–H groups in total. The lowest BCUT2D eigenvalue weighted by atomic mass is 9.88. The molecule has 2 aliphatic rings. The monoisotopic (exact) mass is 679 g/mol. The largest absolute Gasteiger partial charge is 0.381 e. The average molecular weight is 680 g/mol. The summed E-state index contributed by atoms with van der Waals surface area (Å²) in [6.07, 6.45) is 1.34. The molecule has 3 rings (SSSR count). The summed E-state index contributed by atoms with van der Waals surface area (Å²) in [5, 5.41) is 21.1. The zero-order valence-corrected chi connectivity index (χ0v) is 27.7. The van der Waals surface area contributed by atoms with Crippen LogP contribution in [0.2, 0.25) is 0 Å². The second-order valence-corrected chi connectivity index (χ2v) is 13.3. The number of nitrogens with zero attached hydrogens (tertiary/aromatic N) is 1. The molecule has 254 valence electrons. The quantitative estimate of drug-likeness (QED) is 0.105. The van der Waals surface area contributed by atoms with Crippen LogP contribution in [-0.4, -0.2) is 95.4 Å². The van der Waals surface area contributed by atoms with Gasteiger partial charge < -0.3 is 42.8 Å². The summed E-state index contributed by atoms with van der Waals surface area (Å²) in [7, 11) is 0. The van der Waals surface area contributed by atoms with Crippen LogP contribution in [0.1, 0.15) is 56.8 Å². The Morgan fingerprint density at radius 2 is 1.72 bits per heavy atom. The lowest BCUT2D eigenvalue weighted by molar-refractivity contribution is -0.140. The van der Waals surface area contributed by atoms with Crippen molar-refractivity contribution < 1.29 is 28.7 Å². The highest BCUT2D eigenvalue weighted by Gasteiger charge is 2.43. The van der Waals surface area contributed by atoms with Crippen molar-refractivity contribution in [1.29, 1.82) is 5.41 Å². The molecule has 0 unspecified atom stereocenters. The molecule has 1 fully saturated rings. The van der Waals surface area contributed by atoms with E-state index in [1.54, 1.807) is 18.7 Å². The summed E-state index contributed by atoms with van der Waals surface area (Å²) < 4.78 is 5.48. The van der Waals surface area contributed by atoms with Gasteiger partial charge in [-0.3, -0.25) is 34.4 Å². The fourth-order valence-corrected chi connectivity index (χ4v) is 6.77. The van der Waals surface area contributed by atoms with E-state index in [1.807, 2.05) is 18.2 Å².